The van der Waals surface area contributed by atoms with E-state index in [0.717, 1.165) is 5.56 Å². The number of hydrogen-bond acceptors (Lipinski definition) is 2. The SMILES string of the molecule is O=[S+]1(O)C[C@@H]2NC(=S)N(Cc3ccc(F)cc3)[C@@H]2C1. The Morgan fingerprint density at radius 3 is 2.79 bits per heavy atom. The third-order valence-corrected chi connectivity index (χ3v) is 5.67. The lowest BCUT2D eigenvalue weighted by atomic mass is 10.1. The van der Waals surface area contributed by atoms with E-state index in [2.05, 4.69) is 5.32 Å². The van der Waals surface area contributed by atoms with Gasteiger partial charge >= 0.3 is 0 Å². The zero-order valence-corrected chi connectivity index (χ0v) is 11.7. The third kappa shape index (κ3) is 2.50. The van der Waals surface area contributed by atoms with Crippen molar-refractivity contribution in [3.63, 3.8) is 0 Å². The van der Waals surface area contributed by atoms with Gasteiger partial charge in [0.05, 0.1) is 0 Å². The van der Waals surface area contributed by atoms with E-state index in [1.54, 1.807) is 12.1 Å². The molecular formula is C12H14FN2O2S2+. The normalized spacial score (nSPS) is 33.4. The lowest BCUT2D eigenvalue weighted by Gasteiger charge is -2.22. The van der Waals surface area contributed by atoms with E-state index in [1.165, 1.54) is 12.1 Å². The van der Waals surface area contributed by atoms with Crippen LogP contribution in [0.25, 0.3) is 0 Å². The van der Waals surface area contributed by atoms with Crippen LogP contribution >= 0.6 is 12.2 Å². The van der Waals surface area contributed by atoms with Crippen molar-refractivity contribution >= 4 is 27.5 Å². The van der Waals surface area contributed by atoms with E-state index < -0.39 is 10.2 Å². The molecule has 102 valence electrons. The van der Waals surface area contributed by atoms with E-state index in [4.69, 9.17) is 12.2 Å². The highest BCUT2D eigenvalue weighted by molar-refractivity contribution is 7.98. The van der Waals surface area contributed by atoms with Gasteiger partial charge in [0.15, 0.2) is 16.6 Å². The highest BCUT2D eigenvalue weighted by Gasteiger charge is 2.53. The van der Waals surface area contributed by atoms with Gasteiger partial charge in [-0.25, -0.2) is 4.39 Å². The average Bonchev–Trinajstić information content (AvgIpc) is 2.75. The van der Waals surface area contributed by atoms with E-state index in [9.17, 15) is 13.2 Å². The van der Waals surface area contributed by atoms with Crippen molar-refractivity contribution in [3.8, 4) is 0 Å². The maximum atomic E-state index is 12.9. The minimum Gasteiger partial charge on any atom is -0.353 e. The largest absolute Gasteiger partial charge is 0.353 e. The van der Waals surface area contributed by atoms with Gasteiger partial charge in [0.1, 0.15) is 17.9 Å². The monoisotopic (exact) mass is 301 g/mol. The molecule has 1 unspecified atom stereocenters. The zero-order chi connectivity index (χ0) is 13.6. The molecule has 2 aliphatic heterocycles. The summed E-state index contributed by atoms with van der Waals surface area (Å²) >= 11 is 5.26. The van der Waals surface area contributed by atoms with Crippen molar-refractivity contribution in [1.29, 1.82) is 0 Å². The molecule has 7 heteroatoms. The van der Waals surface area contributed by atoms with Crippen LogP contribution in [0, 0.1) is 5.82 Å². The summed E-state index contributed by atoms with van der Waals surface area (Å²) < 4.78 is 34.3. The molecule has 3 rings (SSSR count). The van der Waals surface area contributed by atoms with Gasteiger partial charge in [-0.05, 0) is 29.9 Å². The summed E-state index contributed by atoms with van der Waals surface area (Å²) in [6.45, 7) is 0.531. The van der Waals surface area contributed by atoms with Gasteiger partial charge in [0.25, 0.3) is 0 Å². The van der Waals surface area contributed by atoms with Crippen molar-refractivity contribution < 1.29 is 13.2 Å². The number of rotatable bonds is 2. The highest BCUT2D eigenvalue weighted by atomic mass is 32.3. The van der Waals surface area contributed by atoms with Crippen molar-refractivity contribution in [2.24, 2.45) is 0 Å². The molecule has 0 aromatic heterocycles. The minimum atomic E-state index is -2.73. The molecule has 0 radical (unpaired) electrons. The standard InChI is InChI=1S/C12H13FN2O2S2/c13-9-3-1-8(2-4-9)5-15-11-7-19(16,17)6-10(11)14-12(15)18/h1-4,10-11H,5-7H2,(H-,14,16,17,18)/p+1/t10-,11+/m0/s1. The molecule has 0 amide bonds. The maximum Gasteiger partial charge on any atom is 0.218 e. The van der Waals surface area contributed by atoms with Crippen LogP contribution in [0.2, 0.25) is 0 Å². The number of nitrogens with zero attached hydrogens (tertiary/aromatic N) is 1. The fourth-order valence-corrected chi connectivity index (χ4v) is 4.96. The van der Waals surface area contributed by atoms with Crippen molar-refractivity contribution in [2.45, 2.75) is 18.6 Å². The van der Waals surface area contributed by atoms with Crippen molar-refractivity contribution in [3.05, 3.63) is 35.6 Å². The third-order valence-electron chi connectivity index (χ3n) is 3.57. The molecule has 0 aliphatic carbocycles. The summed E-state index contributed by atoms with van der Waals surface area (Å²) in [7, 11) is -2.73. The fraction of sp³-hybridized carbons (Fsp3) is 0.417. The van der Waals surface area contributed by atoms with Gasteiger partial charge < -0.3 is 10.2 Å². The summed E-state index contributed by atoms with van der Waals surface area (Å²) in [5, 5.41) is 3.70. The molecule has 2 fully saturated rings. The Hall–Kier alpha value is -1.05. The van der Waals surface area contributed by atoms with Crippen LogP contribution in [-0.4, -0.2) is 38.2 Å². The molecule has 0 bridgehead atoms. The van der Waals surface area contributed by atoms with Crippen LogP contribution in [0.15, 0.2) is 24.3 Å². The Bertz CT molecular complexity index is 563. The molecule has 1 aromatic rings. The van der Waals surface area contributed by atoms with Crippen LogP contribution in [-0.2, 0) is 21.0 Å². The predicted molar refractivity (Wildman–Crippen MR) is 75.7 cm³/mol. The van der Waals surface area contributed by atoms with Crippen LogP contribution < -0.4 is 5.32 Å². The first kappa shape index (κ1) is 13.0. The topological polar surface area (TPSA) is 52.6 Å². The Morgan fingerprint density at radius 1 is 1.42 bits per heavy atom. The van der Waals surface area contributed by atoms with Gasteiger partial charge in [-0.3, -0.25) is 0 Å². The average molecular weight is 301 g/mol. The van der Waals surface area contributed by atoms with Gasteiger partial charge in [-0.1, -0.05) is 16.3 Å². The Morgan fingerprint density at radius 2 is 2.11 bits per heavy atom. The number of hydrogen-bond donors (Lipinski definition) is 2. The van der Waals surface area contributed by atoms with Crippen LogP contribution in [0.3, 0.4) is 0 Å². The number of nitrogens with one attached hydrogen (secondary N) is 1. The minimum absolute atomic E-state index is 0.0462. The quantitative estimate of drug-likeness (QED) is 0.636. The molecule has 1 aromatic carbocycles. The summed E-state index contributed by atoms with van der Waals surface area (Å²) in [5.74, 6) is 0.215. The highest BCUT2D eigenvalue weighted by Crippen LogP contribution is 2.28. The zero-order valence-electron chi connectivity index (χ0n) is 10.1. The summed E-state index contributed by atoms with van der Waals surface area (Å²) in [5.41, 5.74) is 0.933. The van der Waals surface area contributed by atoms with Crippen molar-refractivity contribution in [2.75, 3.05) is 11.5 Å². The van der Waals surface area contributed by atoms with Gasteiger partial charge in [0, 0.05) is 6.54 Å². The smallest absolute Gasteiger partial charge is 0.218 e. The van der Waals surface area contributed by atoms with Gasteiger partial charge in [-0.15, -0.1) is 0 Å². The Labute approximate surface area is 117 Å². The first-order chi connectivity index (χ1) is 8.94. The summed E-state index contributed by atoms with van der Waals surface area (Å²) in [4.78, 5) is 1.93. The predicted octanol–water partition coefficient (Wildman–Crippen LogP) is 1.24. The Kier molecular flexibility index (Phi) is 3.07. The molecule has 19 heavy (non-hydrogen) atoms. The summed E-state index contributed by atoms with van der Waals surface area (Å²) in [6.07, 6.45) is 0. The molecular weight excluding hydrogens is 287 g/mol. The number of fused-ring (bicyclic) bond motifs is 1. The second kappa shape index (κ2) is 4.50. The second-order valence-electron chi connectivity index (χ2n) is 4.98. The first-order valence-corrected chi connectivity index (χ1v) is 8.24. The molecule has 4 nitrogen and oxygen atoms in total. The molecule has 2 N–H and O–H groups in total. The van der Waals surface area contributed by atoms with Crippen molar-refractivity contribution in [1.82, 2.24) is 10.2 Å². The Balaban J connectivity index is 1.78. The molecule has 2 aliphatic rings. The van der Waals surface area contributed by atoms with Gasteiger partial charge in [-0.2, -0.15) is 4.55 Å². The van der Waals surface area contributed by atoms with Crippen LogP contribution in [0.5, 0.6) is 0 Å². The molecule has 2 saturated heterocycles. The first-order valence-electron chi connectivity index (χ1n) is 5.98. The molecule has 0 saturated carbocycles. The lowest BCUT2D eigenvalue weighted by Crippen LogP contribution is -2.36. The van der Waals surface area contributed by atoms with E-state index in [0.29, 0.717) is 11.7 Å². The maximum absolute atomic E-state index is 12.9. The van der Waals surface area contributed by atoms with E-state index in [-0.39, 0.29) is 29.4 Å². The van der Waals surface area contributed by atoms with E-state index in [1.807, 2.05) is 4.90 Å². The van der Waals surface area contributed by atoms with Crippen LogP contribution in [0.1, 0.15) is 5.56 Å². The van der Waals surface area contributed by atoms with Gasteiger partial charge in [0.2, 0.25) is 10.2 Å². The fourth-order valence-electron chi connectivity index (χ4n) is 2.66. The number of benzene rings is 1. The number of halogens is 1. The second-order valence-corrected chi connectivity index (χ2v) is 7.58. The molecule has 0 spiro atoms. The van der Waals surface area contributed by atoms with E-state index >= 15 is 0 Å². The summed E-state index contributed by atoms with van der Waals surface area (Å²) in [6, 6.07) is 6.12. The molecule has 3 atom stereocenters. The molecule has 2 heterocycles. The van der Waals surface area contributed by atoms with Crippen LogP contribution in [0.4, 0.5) is 4.39 Å². The lowest BCUT2D eigenvalue weighted by molar-refractivity contribution is 0.348. The number of thiocarbonyl (C=S) groups is 1.